The summed E-state index contributed by atoms with van der Waals surface area (Å²) in [5, 5.41) is 9.85. The monoisotopic (exact) mass is 232 g/mol. The third kappa shape index (κ3) is 3.11. The number of benzene rings is 1. The molecule has 2 aromatic rings. The first-order valence-corrected chi connectivity index (χ1v) is 5.64. The lowest BCUT2D eigenvalue weighted by atomic mass is 10.1. The summed E-state index contributed by atoms with van der Waals surface area (Å²) in [7, 11) is 1.65. The van der Waals surface area contributed by atoms with E-state index in [-0.39, 0.29) is 0 Å². The second kappa shape index (κ2) is 5.55. The zero-order valence-electron chi connectivity index (χ0n) is 9.80. The Morgan fingerprint density at radius 2 is 2.00 bits per heavy atom. The van der Waals surface area contributed by atoms with Gasteiger partial charge in [0.05, 0.1) is 13.4 Å². The quantitative estimate of drug-likeness (QED) is 0.861. The molecule has 1 aromatic heterocycles. The maximum Gasteiger partial charge on any atom is 0.132 e. The van der Waals surface area contributed by atoms with Gasteiger partial charge in [0.25, 0.3) is 0 Å². The highest BCUT2D eigenvalue weighted by atomic mass is 16.5. The lowest BCUT2D eigenvalue weighted by Crippen LogP contribution is -1.98. The van der Waals surface area contributed by atoms with Gasteiger partial charge in [-0.05, 0) is 42.7 Å². The lowest BCUT2D eigenvalue weighted by molar-refractivity contribution is 0.140. The maximum atomic E-state index is 9.85. The summed E-state index contributed by atoms with van der Waals surface area (Å²) in [6.07, 6.45) is 2.50. The molecule has 3 nitrogen and oxygen atoms in total. The van der Waals surface area contributed by atoms with Crippen LogP contribution in [0.1, 0.15) is 23.8 Å². The molecular formula is C14H16O3. The normalized spacial score (nSPS) is 12.4. The predicted octanol–water partition coefficient (Wildman–Crippen LogP) is 2.95. The molecule has 0 bridgehead atoms. The second-order valence-corrected chi connectivity index (χ2v) is 3.92. The molecule has 90 valence electrons. The highest BCUT2D eigenvalue weighted by Gasteiger charge is 2.09. The van der Waals surface area contributed by atoms with Crippen molar-refractivity contribution in [1.29, 1.82) is 0 Å². The molecule has 0 fully saturated rings. The Bertz CT molecular complexity index is 431. The minimum absolute atomic E-state index is 0.535. The van der Waals surface area contributed by atoms with Gasteiger partial charge in [0.1, 0.15) is 17.6 Å². The SMILES string of the molecule is COc1ccc(CCC(O)c2ccco2)cc1. The van der Waals surface area contributed by atoms with Gasteiger partial charge in [0.15, 0.2) is 0 Å². The Morgan fingerprint density at radius 3 is 2.59 bits per heavy atom. The largest absolute Gasteiger partial charge is 0.497 e. The summed E-state index contributed by atoms with van der Waals surface area (Å²) < 4.78 is 10.2. The number of methoxy groups -OCH3 is 1. The molecule has 0 aliphatic rings. The summed E-state index contributed by atoms with van der Waals surface area (Å²) in [5.74, 6) is 1.47. The van der Waals surface area contributed by atoms with Crippen molar-refractivity contribution in [1.82, 2.24) is 0 Å². The molecule has 0 spiro atoms. The van der Waals surface area contributed by atoms with Crippen molar-refractivity contribution < 1.29 is 14.3 Å². The van der Waals surface area contributed by atoms with Crippen LogP contribution in [0.15, 0.2) is 47.1 Å². The number of aliphatic hydroxyl groups is 1. The Kier molecular flexibility index (Phi) is 3.83. The number of furan rings is 1. The van der Waals surface area contributed by atoms with Crippen molar-refractivity contribution in [3.8, 4) is 5.75 Å². The van der Waals surface area contributed by atoms with Crippen molar-refractivity contribution in [2.24, 2.45) is 0 Å². The van der Waals surface area contributed by atoms with Crippen molar-refractivity contribution in [2.75, 3.05) is 7.11 Å². The van der Waals surface area contributed by atoms with Crippen molar-refractivity contribution in [3.63, 3.8) is 0 Å². The van der Waals surface area contributed by atoms with Gasteiger partial charge < -0.3 is 14.3 Å². The van der Waals surface area contributed by atoms with E-state index in [0.717, 1.165) is 12.2 Å². The van der Waals surface area contributed by atoms with Gasteiger partial charge in [-0.2, -0.15) is 0 Å². The second-order valence-electron chi connectivity index (χ2n) is 3.92. The lowest BCUT2D eigenvalue weighted by Gasteiger charge is -2.08. The van der Waals surface area contributed by atoms with Crippen molar-refractivity contribution in [2.45, 2.75) is 18.9 Å². The van der Waals surface area contributed by atoms with Crippen LogP contribution in [0.5, 0.6) is 5.75 Å². The Balaban J connectivity index is 1.89. The van der Waals surface area contributed by atoms with Gasteiger partial charge in [-0.1, -0.05) is 12.1 Å². The molecule has 0 aliphatic heterocycles. The van der Waals surface area contributed by atoms with E-state index in [0.29, 0.717) is 12.2 Å². The van der Waals surface area contributed by atoms with Gasteiger partial charge in [-0.15, -0.1) is 0 Å². The van der Waals surface area contributed by atoms with Crippen molar-refractivity contribution >= 4 is 0 Å². The van der Waals surface area contributed by atoms with E-state index < -0.39 is 6.10 Å². The third-order valence-electron chi connectivity index (χ3n) is 2.74. The number of ether oxygens (including phenoxy) is 1. The summed E-state index contributed by atoms with van der Waals surface area (Å²) in [6.45, 7) is 0. The van der Waals surface area contributed by atoms with Gasteiger partial charge >= 0.3 is 0 Å². The summed E-state index contributed by atoms with van der Waals surface area (Å²) in [5.41, 5.74) is 1.18. The van der Waals surface area contributed by atoms with E-state index in [1.165, 1.54) is 5.56 Å². The van der Waals surface area contributed by atoms with Crippen molar-refractivity contribution in [3.05, 3.63) is 54.0 Å². The first-order valence-electron chi connectivity index (χ1n) is 5.64. The average molecular weight is 232 g/mol. The Labute approximate surface area is 101 Å². The molecule has 0 amide bonds. The fourth-order valence-electron chi connectivity index (χ4n) is 1.72. The van der Waals surface area contributed by atoms with Crippen LogP contribution in [-0.4, -0.2) is 12.2 Å². The summed E-state index contributed by atoms with van der Waals surface area (Å²) >= 11 is 0. The predicted molar refractivity (Wildman–Crippen MR) is 65.0 cm³/mol. The van der Waals surface area contributed by atoms with Gasteiger partial charge in [0, 0.05) is 0 Å². The van der Waals surface area contributed by atoms with Crippen LogP contribution in [-0.2, 0) is 6.42 Å². The number of rotatable bonds is 5. The maximum absolute atomic E-state index is 9.85. The molecule has 3 heteroatoms. The average Bonchev–Trinajstić information content (AvgIpc) is 2.90. The minimum atomic E-state index is -0.535. The summed E-state index contributed by atoms with van der Waals surface area (Å²) in [4.78, 5) is 0. The van der Waals surface area contributed by atoms with Gasteiger partial charge in [-0.25, -0.2) is 0 Å². The van der Waals surface area contributed by atoms with Gasteiger partial charge in [-0.3, -0.25) is 0 Å². The fraction of sp³-hybridized carbons (Fsp3) is 0.286. The standard InChI is InChI=1S/C14H16O3/c1-16-12-7-4-11(5-8-12)6-9-13(15)14-3-2-10-17-14/h2-5,7-8,10,13,15H,6,9H2,1H3. The molecule has 1 atom stereocenters. The molecule has 1 heterocycles. The molecule has 2 rings (SSSR count). The highest BCUT2D eigenvalue weighted by Crippen LogP contribution is 2.20. The Morgan fingerprint density at radius 1 is 1.24 bits per heavy atom. The molecular weight excluding hydrogens is 216 g/mol. The molecule has 1 N–H and O–H groups in total. The smallest absolute Gasteiger partial charge is 0.132 e. The Hall–Kier alpha value is -1.74. The van der Waals surface area contributed by atoms with E-state index >= 15 is 0 Å². The van der Waals surface area contributed by atoms with E-state index in [1.807, 2.05) is 24.3 Å². The number of hydrogen-bond acceptors (Lipinski definition) is 3. The first kappa shape index (κ1) is 11.7. The molecule has 0 saturated heterocycles. The molecule has 17 heavy (non-hydrogen) atoms. The van der Waals surface area contributed by atoms with Crippen LogP contribution >= 0.6 is 0 Å². The topological polar surface area (TPSA) is 42.6 Å². The van der Waals surface area contributed by atoms with E-state index in [9.17, 15) is 5.11 Å². The van der Waals surface area contributed by atoms with Crippen LogP contribution in [0.25, 0.3) is 0 Å². The molecule has 0 aliphatic carbocycles. The molecule has 0 saturated carbocycles. The zero-order chi connectivity index (χ0) is 12.1. The zero-order valence-corrected chi connectivity index (χ0v) is 9.80. The highest BCUT2D eigenvalue weighted by molar-refractivity contribution is 5.27. The third-order valence-corrected chi connectivity index (χ3v) is 2.74. The molecule has 1 aromatic carbocycles. The van der Waals surface area contributed by atoms with E-state index in [4.69, 9.17) is 9.15 Å². The number of aryl methyl sites for hydroxylation is 1. The van der Waals surface area contributed by atoms with Gasteiger partial charge in [0.2, 0.25) is 0 Å². The fourth-order valence-corrected chi connectivity index (χ4v) is 1.72. The van der Waals surface area contributed by atoms with E-state index in [1.54, 1.807) is 25.5 Å². The summed E-state index contributed by atoms with van der Waals surface area (Å²) in [6, 6.07) is 11.4. The van der Waals surface area contributed by atoms with Crippen LogP contribution in [0.2, 0.25) is 0 Å². The number of aliphatic hydroxyl groups excluding tert-OH is 1. The first-order chi connectivity index (χ1) is 8.29. The number of hydrogen-bond donors (Lipinski definition) is 1. The van der Waals surface area contributed by atoms with E-state index in [2.05, 4.69) is 0 Å². The molecule has 0 radical (unpaired) electrons. The molecule has 1 unspecified atom stereocenters. The van der Waals surface area contributed by atoms with Crippen LogP contribution in [0.4, 0.5) is 0 Å². The van der Waals surface area contributed by atoms with Crippen LogP contribution in [0.3, 0.4) is 0 Å². The van der Waals surface area contributed by atoms with Crippen LogP contribution in [0, 0.1) is 0 Å². The van der Waals surface area contributed by atoms with Crippen LogP contribution < -0.4 is 4.74 Å². The minimum Gasteiger partial charge on any atom is -0.497 e.